The van der Waals surface area contributed by atoms with Gasteiger partial charge in [0.05, 0.1) is 25.4 Å². The molecule has 2 heterocycles. The predicted octanol–water partition coefficient (Wildman–Crippen LogP) is 2.28. The number of nitrogens with zero attached hydrogens (tertiary/aromatic N) is 3. The fourth-order valence-electron chi connectivity index (χ4n) is 3.40. The number of hydrogen-bond donors (Lipinski definition) is 1. The minimum atomic E-state index is -0.0152. The maximum absolute atomic E-state index is 12.9. The summed E-state index contributed by atoms with van der Waals surface area (Å²) in [5.74, 6) is 0.857. The van der Waals surface area contributed by atoms with Gasteiger partial charge in [0.25, 0.3) is 5.91 Å². The maximum atomic E-state index is 12.9. The molecule has 1 aliphatic rings. The fourth-order valence-corrected chi connectivity index (χ4v) is 3.40. The molecule has 0 spiro atoms. The summed E-state index contributed by atoms with van der Waals surface area (Å²) in [7, 11) is 1.65. The summed E-state index contributed by atoms with van der Waals surface area (Å²) in [5.41, 5.74) is 7.81. The van der Waals surface area contributed by atoms with Crippen LogP contribution in [0.25, 0.3) is 0 Å². The topological polar surface area (TPSA) is 73.4 Å². The quantitative estimate of drug-likeness (QED) is 0.905. The number of nitrogens with two attached hydrogens (primary N) is 1. The third-order valence-electron chi connectivity index (χ3n) is 4.80. The molecule has 2 atom stereocenters. The van der Waals surface area contributed by atoms with Crippen LogP contribution in [0.4, 0.5) is 0 Å². The van der Waals surface area contributed by atoms with Gasteiger partial charge in [-0.2, -0.15) is 5.10 Å². The minimum absolute atomic E-state index is 0.0152. The molecule has 2 N–H and O–H groups in total. The van der Waals surface area contributed by atoms with Crippen molar-refractivity contribution >= 4 is 5.91 Å². The normalized spacial score (nSPS) is 18.8. The zero-order valence-electron chi connectivity index (χ0n) is 14.9. The van der Waals surface area contributed by atoms with Gasteiger partial charge in [-0.15, -0.1) is 0 Å². The second kappa shape index (κ2) is 7.70. The fraction of sp³-hybridized carbons (Fsp3) is 0.474. The summed E-state index contributed by atoms with van der Waals surface area (Å²) in [6.45, 7) is 3.37. The number of carbonyl (C=O) groups excluding carboxylic acids is 1. The SMILES string of the molecule is COc1ccc(Cn2cc(C(=O)N3CCCC[C@H]3[C@H](C)N)cn2)cc1. The van der Waals surface area contributed by atoms with Gasteiger partial charge >= 0.3 is 0 Å². The molecule has 1 amide bonds. The van der Waals surface area contributed by atoms with E-state index in [1.54, 1.807) is 18.0 Å². The number of hydrogen-bond acceptors (Lipinski definition) is 4. The number of likely N-dealkylation sites (tertiary alicyclic amines) is 1. The van der Waals surface area contributed by atoms with E-state index in [4.69, 9.17) is 10.5 Å². The van der Waals surface area contributed by atoms with Gasteiger partial charge in [0.1, 0.15) is 5.75 Å². The van der Waals surface area contributed by atoms with Crippen LogP contribution in [0.2, 0.25) is 0 Å². The van der Waals surface area contributed by atoms with Gasteiger partial charge in [-0.05, 0) is 43.9 Å². The van der Waals surface area contributed by atoms with Gasteiger partial charge in [0.15, 0.2) is 0 Å². The highest BCUT2D eigenvalue weighted by atomic mass is 16.5. The smallest absolute Gasteiger partial charge is 0.257 e. The minimum Gasteiger partial charge on any atom is -0.497 e. The molecule has 3 rings (SSSR count). The lowest BCUT2D eigenvalue weighted by molar-refractivity contribution is 0.0583. The summed E-state index contributed by atoms with van der Waals surface area (Å²) in [6, 6.07) is 7.94. The highest BCUT2D eigenvalue weighted by molar-refractivity contribution is 5.94. The first kappa shape index (κ1) is 17.5. The van der Waals surface area contributed by atoms with Gasteiger partial charge in [-0.1, -0.05) is 12.1 Å². The van der Waals surface area contributed by atoms with Crippen LogP contribution in [0, 0.1) is 0 Å². The molecule has 25 heavy (non-hydrogen) atoms. The van der Waals surface area contributed by atoms with Crippen molar-refractivity contribution in [3.8, 4) is 5.75 Å². The highest BCUT2D eigenvalue weighted by Crippen LogP contribution is 2.21. The Balaban J connectivity index is 1.70. The van der Waals surface area contributed by atoms with Crippen molar-refractivity contribution in [3.63, 3.8) is 0 Å². The molecule has 1 fully saturated rings. The van der Waals surface area contributed by atoms with Crippen molar-refractivity contribution in [2.45, 2.75) is 44.8 Å². The highest BCUT2D eigenvalue weighted by Gasteiger charge is 2.30. The molecule has 0 unspecified atom stereocenters. The summed E-state index contributed by atoms with van der Waals surface area (Å²) in [4.78, 5) is 14.8. The molecule has 0 bridgehead atoms. The molecule has 0 radical (unpaired) electrons. The zero-order chi connectivity index (χ0) is 17.8. The van der Waals surface area contributed by atoms with Crippen LogP contribution in [0.15, 0.2) is 36.7 Å². The molecule has 2 aromatic rings. The van der Waals surface area contributed by atoms with E-state index in [2.05, 4.69) is 5.10 Å². The Labute approximate surface area is 148 Å². The van der Waals surface area contributed by atoms with Crippen molar-refractivity contribution in [1.82, 2.24) is 14.7 Å². The third-order valence-corrected chi connectivity index (χ3v) is 4.80. The Morgan fingerprint density at radius 2 is 2.12 bits per heavy atom. The molecule has 6 heteroatoms. The summed E-state index contributed by atoms with van der Waals surface area (Å²) < 4.78 is 6.96. The Morgan fingerprint density at radius 3 is 2.80 bits per heavy atom. The monoisotopic (exact) mass is 342 g/mol. The Kier molecular flexibility index (Phi) is 5.38. The Bertz CT molecular complexity index is 708. The third kappa shape index (κ3) is 4.02. The summed E-state index contributed by atoms with van der Waals surface area (Å²) in [6.07, 6.45) is 6.61. The number of piperidine rings is 1. The number of aromatic nitrogens is 2. The van der Waals surface area contributed by atoms with Crippen molar-refractivity contribution in [2.75, 3.05) is 13.7 Å². The molecule has 1 saturated heterocycles. The van der Waals surface area contributed by atoms with Gasteiger partial charge < -0.3 is 15.4 Å². The van der Waals surface area contributed by atoms with Gasteiger partial charge in [-0.3, -0.25) is 9.48 Å². The molecule has 134 valence electrons. The second-order valence-corrected chi connectivity index (χ2v) is 6.70. The molecular formula is C19H26N4O2. The van der Waals surface area contributed by atoms with E-state index >= 15 is 0 Å². The molecule has 6 nitrogen and oxygen atoms in total. The number of carbonyl (C=O) groups is 1. The van der Waals surface area contributed by atoms with Crippen molar-refractivity contribution in [1.29, 1.82) is 0 Å². The maximum Gasteiger partial charge on any atom is 0.257 e. The number of methoxy groups -OCH3 is 1. The first-order chi connectivity index (χ1) is 12.1. The van der Waals surface area contributed by atoms with E-state index in [1.807, 2.05) is 42.3 Å². The van der Waals surface area contributed by atoms with Gasteiger partial charge in [0.2, 0.25) is 0 Å². The summed E-state index contributed by atoms with van der Waals surface area (Å²) in [5, 5.41) is 4.35. The lowest BCUT2D eigenvalue weighted by atomic mass is 9.96. The van der Waals surface area contributed by atoms with Crippen LogP contribution in [0.1, 0.15) is 42.1 Å². The van der Waals surface area contributed by atoms with Crippen molar-refractivity contribution < 1.29 is 9.53 Å². The molecule has 1 aliphatic heterocycles. The van der Waals surface area contributed by atoms with Gasteiger partial charge in [0, 0.05) is 24.8 Å². The van der Waals surface area contributed by atoms with Crippen molar-refractivity contribution in [3.05, 3.63) is 47.8 Å². The zero-order valence-corrected chi connectivity index (χ0v) is 14.9. The summed E-state index contributed by atoms with van der Waals surface area (Å²) >= 11 is 0. The van der Waals surface area contributed by atoms with Crippen LogP contribution < -0.4 is 10.5 Å². The molecule has 0 aliphatic carbocycles. The number of rotatable bonds is 5. The number of amides is 1. The van der Waals surface area contributed by atoms with Crippen LogP contribution in [-0.4, -0.2) is 46.3 Å². The lowest BCUT2D eigenvalue weighted by Crippen LogP contribution is -2.51. The van der Waals surface area contributed by atoms with E-state index < -0.39 is 0 Å². The second-order valence-electron chi connectivity index (χ2n) is 6.70. The van der Waals surface area contributed by atoms with Crippen LogP contribution in [0.5, 0.6) is 5.75 Å². The molecule has 1 aromatic heterocycles. The number of ether oxygens (including phenoxy) is 1. The first-order valence-electron chi connectivity index (χ1n) is 8.80. The van der Waals surface area contributed by atoms with Crippen LogP contribution >= 0.6 is 0 Å². The molecule has 0 saturated carbocycles. The average molecular weight is 342 g/mol. The average Bonchev–Trinajstić information content (AvgIpc) is 3.10. The van der Waals surface area contributed by atoms with Gasteiger partial charge in [-0.25, -0.2) is 0 Å². The van der Waals surface area contributed by atoms with E-state index in [9.17, 15) is 4.79 Å². The predicted molar refractivity (Wildman–Crippen MR) is 96.6 cm³/mol. The molecular weight excluding hydrogens is 316 g/mol. The van der Waals surface area contributed by atoms with E-state index in [1.165, 1.54) is 0 Å². The van der Waals surface area contributed by atoms with E-state index in [0.29, 0.717) is 12.1 Å². The Hall–Kier alpha value is -2.34. The van der Waals surface area contributed by atoms with E-state index in [0.717, 1.165) is 37.1 Å². The number of benzene rings is 1. The standard InChI is InChI=1S/C19H26N4O2/c1-14(20)18-5-3-4-10-23(18)19(24)16-11-21-22(13-16)12-15-6-8-17(25-2)9-7-15/h6-9,11,13-14,18H,3-5,10,12,20H2,1-2H3/t14-,18-/m0/s1. The lowest BCUT2D eigenvalue weighted by Gasteiger charge is -2.37. The first-order valence-corrected chi connectivity index (χ1v) is 8.80. The van der Waals surface area contributed by atoms with Crippen LogP contribution in [0.3, 0.4) is 0 Å². The Morgan fingerprint density at radius 1 is 1.36 bits per heavy atom. The largest absolute Gasteiger partial charge is 0.497 e. The van der Waals surface area contributed by atoms with Crippen molar-refractivity contribution in [2.24, 2.45) is 5.73 Å². The van der Waals surface area contributed by atoms with Crippen LogP contribution in [-0.2, 0) is 6.54 Å². The molecule has 1 aromatic carbocycles. The van der Waals surface area contributed by atoms with E-state index in [-0.39, 0.29) is 18.0 Å².